The highest BCUT2D eigenvalue weighted by Gasteiger charge is 2.28. The second-order valence-electron chi connectivity index (χ2n) is 7.53. The monoisotopic (exact) mass is 384 g/mol. The Balaban J connectivity index is 1.44. The summed E-state index contributed by atoms with van der Waals surface area (Å²) in [6.07, 6.45) is 2.20. The van der Waals surface area contributed by atoms with E-state index < -0.39 is 0 Å². The highest BCUT2D eigenvalue weighted by molar-refractivity contribution is 6.07. The van der Waals surface area contributed by atoms with Crippen LogP contribution in [-0.4, -0.2) is 31.1 Å². The molecule has 0 unspecified atom stereocenters. The largest absolute Gasteiger partial charge is 0.322 e. The molecule has 7 nitrogen and oxygen atoms in total. The minimum Gasteiger partial charge on any atom is -0.322 e. The number of nitrogens with zero attached hydrogens (tertiary/aromatic N) is 5. The summed E-state index contributed by atoms with van der Waals surface area (Å²) in [4.78, 5) is 17.5. The zero-order chi connectivity index (χ0) is 20.0. The molecule has 0 spiro atoms. The van der Waals surface area contributed by atoms with Gasteiger partial charge >= 0.3 is 0 Å². The Labute approximate surface area is 167 Å². The molecule has 5 rings (SSSR count). The van der Waals surface area contributed by atoms with Gasteiger partial charge in [0.25, 0.3) is 5.91 Å². The molecule has 4 aromatic rings. The number of nitrogens with one attached hydrogen (secondary N) is 1. The molecule has 0 radical (unpaired) electrons. The third-order valence-corrected chi connectivity index (χ3v) is 5.17. The van der Waals surface area contributed by atoms with E-state index in [2.05, 4.69) is 25.8 Å². The van der Waals surface area contributed by atoms with Crippen molar-refractivity contribution in [3.8, 4) is 11.4 Å². The van der Waals surface area contributed by atoms with Gasteiger partial charge in [0.2, 0.25) is 0 Å². The fraction of sp³-hybridized carbons (Fsp3) is 0.227. The molecule has 1 aliphatic rings. The standard InChI is InChI=1S/C22H20N6O/c1-13-6-9-20-16(10-13)12-19(14(2)23-20)22(29)24-17-5-3-4-15(11-17)21-25-26-27-28(21)18-7-8-18/h3-6,9-12,18H,7-8H2,1-2H3,(H,24,29). The Morgan fingerprint density at radius 2 is 1.97 bits per heavy atom. The maximum absolute atomic E-state index is 12.9. The Kier molecular flexibility index (Phi) is 4.08. The van der Waals surface area contributed by atoms with Crippen LogP contribution in [0.4, 0.5) is 5.69 Å². The van der Waals surface area contributed by atoms with Gasteiger partial charge < -0.3 is 5.32 Å². The Hall–Kier alpha value is -3.61. The maximum Gasteiger partial charge on any atom is 0.257 e. The fourth-order valence-corrected chi connectivity index (χ4v) is 3.51. The summed E-state index contributed by atoms with van der Waals surface area (Å²) in [5, 5.41) is 16.0. The molecule has 1 aliphatic carbocycles. The topological polar surface area (TPSA) is 85.6 Å². The van der Waals surface area contributed by atoms with Gasteiger partial charge in [-0.25, -0.2) is 4.68 Å². The number of hydrogen-bond donors (Lipinski definition) is 1. The van der Waals surface area contributed by atoms with E-state index in [0.717, 1.165) is 40.7 Å². The van der Waals surface area contributed by atoms with Gasteiger partial charge in [-0.05, 0) is 67.4 Å². The first-order chi connectivity index (χ1) is 14.1. The van der Waals surface area contributed by atoms with Gasteiger partial charge in [-0.15, -0.1) is 5.10 Å². The molecule has 0 aliphatic heterocycles. The highest BCUT2D eigenvalue weighted by Crippen LogP contribution is 2.36. The van der Waals surface area contributed by atoms with Crippen LogP contribution in [0.1, 0.15) is 40.5 Å². The van der Waals surface area contributed by atoms with Gasteiger partial charge in [0.1, 0.15) is 0 Å². The first kappa shape index (κ1) is 17.5. The summed E-state index contributed by atoms with van der Waals surface area (Å²) in [7, 11) is 0. The molecule has 29 heavy (non-hydrogen) atoms. The van der Waals surface area contributed by atoms with Crippen molar-refractivity contribution < 1.29 is 4.79 Å². The van der Waals surface area contributed by atoms with Crippen LogP contribution in [-0.2, 0) is 0 Å². The highest BCUT2D eigenvalue weighted by atomic mass is 16.1. The van der Waals surface area contributed by atoms with Crippen LogP contribution < -0.4 is 5.32 Å². The summed E-state index contributed by atoms with van der Waals surface area (Å²) >= 11 is 0. The number of rotatable bonds is 4. The second kappa shape index (κ2) is 6.77. The van der Waals surface area contributed by atoms with Gasteiger partial charge in [0.05, 0.1) is 22.8 Å². The number of tetrazole rings is 1. The second-order valence-corrected chi connectivity index (χ2v) is 7.53. The first-order valence-electron chi connectivity index (χ1n) is 9.66. The number of carbonyl (C=O) groups excluding carboxylic acids is 1. The van der Waals surface area contributed by atoms with E-state index in [1.165, 1.54) is 0 Å². The lowest BCUT2D eigenvalue weighted by atomic mass is 10.1. The van der Waals surface area contributed by atoms with E-state index in [-0.39, 0.29) is 5.91 Å². The van der Waals surface area contributed by atoms with Crippen molar-refractivity contribution in [2.75, 3.05) is 5.32 Å². The number of aryl methyl sites for hydroxylation is 2. The predicted molar refractivity (Wildman–Crippen MR) is 111 cm³/mol. The Morgan fingerprint density at radius 3 is 2.79 bits per heavy atom. The van der Waals surface area contributed by atoms with Crippen LogP contribution in [0, 0.1) is 13.8 Å². The lowest BCUT2D eigenvalue weighted by molar-refractivity contribution is 0.102. The van der Waals surface area contributed by atoms with Crippen LogP contribution in [0.3, 0.4) is 0 Å². The van der Waals surface area contributed by atoms with Gasteiger partial charge in [-0.1, -0.05) is 23.8 Å². The van der Waals surface area contributed by atoms with Crippen LogP contribution in [0.25, 0.3) is 22.3 Å². The Morgan fingerprint density at radius 1 is 1.10 bits per heavy atom. The molecule has 2 aromatic heterocycles. The fourth-order valence-electron chi connectivity index (χ4n) is 3.51. The zero-order valence-electron chi connectivity index (χ0n) is 16.3. The summed E-state index contributed by atoms with van der Waals surface area (Å²) in [5.41, 5.74) is 4.86. The van der Waals surface area contributed by atoms with Crippen molar-refractivity contribution in [2.45, 2.75) is 32.7 Å². The molecule has 1 N–H and O–H groups in total. The van der Waals surface area contributed by atoms with E-state index in [1.54, 1.807) is 0 Å². The van der Waals surface area contributed by atoms with Crippen LogP contribution >= 0.6 is 0 Å². The van der Waals surface area contributed by atoms with Crippen molar-refractivity contribution in [1.82, 2.24) is 25.2 Å². The van der Waals surface area contributed by atoms with Gasteiger partial charge in [-0.2, -0.15) is 0 Å². The molecule has 144 valence electrons. The predicted octanol–water partition coefficient (Wildman–Crippen LogP) is 4.09. The molecule has 2 heterocycles. The van der Waals surface area contributed by atoms with Gasteiger partial charge in [-0.3, -0.25) is 9.78 Å². The molecule has 2 aromatic carbocycles. The molecular formula is C22H20N6O. The lowest BCUT2D eigenvalue weighted by Crippen LogP contribution is -2.14. The molecule has 0 bridgehead atoms. The van der Waals surface area contributed by atoms with E-state index in [1.807, 2.05) is 67.1 Å². The van der Waals surface area contributed by atoms with Crippen molar-refractivity contribution in [1.29, 1.82) is 0 Å². The Bertz CT molecular complexity index is 1240. The number of aromatic nitrogens is 5. The number of pyridine rings is 1. The van der Waals surface area contributed by atoms with Crippen LogP contribution in [0.2, 0.25) is 0 Å². The van der Waals surface area contributed by atoms with Crippen LogP contribution in [0.15, 0.2) is 48.5 Å². The van der Waals surface area contributed by atoms with Gasteiger partial charge in [0.15, 0.2) is 5.82 Å². The number of anilines is 1. The molecule has 1 fully saturated rings. The van der Waals surface area contributed by atoms with Gasteiger partial charge in [0, 0.05) is 16.6 Å². The third kappa shape index (κ3) is 3.35. The quantitative estimate of drug-likeness (QED) is 0.573. The van der Waals surface area contributed by atoms with E-state index in [0.29, 0.717) is 23.0 Å². The minimum absolute atomic E-state index is 0.183. The molecule has 7 heteroatoms. The molecular weight excluding hydrogens is 364 g/mol. The number of amides is 1. The molecule has 1 amide bonds. The van der Waals surface area contributed by atoms with Crippen molar-refractivity contribution in [2.24, 2.45) is 0 Å². The van der Waals surface area contributed by atoms with E-state index in [9.17, 15) is 4.79 Å². The SMILES string of the molecule is Cc1ccc2nc(C)c(C(=O)Nc3cccc(-c4nnnn4C4CC4)c3)cc2c1. The van der Waals surface area contributed by atoms with E-state index in [4.69, 9.17) is 0 Å². The van der Waals surface area contributed by atoms with E-state index >= 15 is 0 Å². The number of hydrogen-bond acceptors (Lipinski definition) is 5. The summed E-state index contributed by atoms with van der Waals surface area (Å²) in [6.45, 7) is 3.88. The first-order valence-corrected chi connectivity index (χ1v) is 9.66. The smallest absolute Gasteiger partial charge is 0.257 e. The molecule has 1 saturated carbocycles. The normalized spacial score (nSPS) is 13.6. The number of benzene rings is 2. The van der Waals surface area contributed by atoms with Crippen molar-refractivity contribution >= 4 is 22.5 Å². The van der Waals surface area contributed by atoms with Crippen molar-refractivity contribution in [3.63, 3.8) is 0 Å². The van der Waals surface area contributed by atoms with Crippen molar-refractivity contribution in [3.05, 3.63) is 65.4 Å². The number of carbonyl (C=O) groups is 1. The zero-order valence-corrected chi connectivity index (χ0v) is 16.3. The average molecular weight is 384 g/mol. The average Bonchev–Trinajstić information content (AvgIpc) is 3.44. The van der Waals surface area contributed by atoms with Crippen LogP contribution in [0.5, 0.6) is 0 Å². The lowest BCUT2D eigenvalue weighted by Gasteiger charge is -2.10. The minimum atomic E-state index is -0.183. The summed E-state index contributed by atoms with van der Waals surface area (Å²) in [6, 6.07) is 15.9. The maximum atomic E-state index is 12.9. The third-order valence-electron chi connectivity index (χ3n) is 5.17. The summed E-state index contributed by atoms with van der Waals surface area (Å²) < 4.78 is 1.86. The number of fused-ring (bicyclic) bond motifs is 1. The molecule has 0 atom stereocenters. The summed E-state index contributed by atoms with van der Waals surface area (Å²) in [5.74, 6) is 0.542. The molecule has 0 saturated heterocycles.